The zero-order chi connectivity index (χ0) is 52.5. The summed E-state index contributed by atoms with van der Waals surface area (Å²) in [5.74, 6) is -3.93. The van der Waals surface area contributed by atoms with Crippen LogP contribution in [0.1, 0.15) is 66.8 Å². The fourth-order valence-corrected chi connectivity index (χ4v) is 8.51. The molecule has 0 aromatic heterocycles. The first kappa shape index (κ1) is 58.0. The molecule has 0 heterocycles. The number of nitrogens with one attached hydrogen (secondary N) is 1. The first-order chi connectivity index (χ1) is 34.5. The van der Waals surface area contributed by atoms with Gasteiger partial charge in [-0.1, -0.05) is 103 Å². The molecule has 0 aliphatic rings. The van der Waals surface area contributed by atoms with Crippen LogP contribution in [0.4, 0.5) is 0 Å². The number of hydrogen-bond acceptors (Lipinski definition) is 12. The third kappa shape index (κ3) is 19.6. The number of sulfonamides is 1. The molecule has 0 saturated heterocycles. The first-order valence-electron chi connectivity index (χ1n) is 24.2. The Morgan fingerprint density at radius 1 is 0.542 bits per heavy atom. The van der Waals surface area contributed by atoms with Crippen molar-refractivity contribution in [3.63, 3.8) is 0 Å². The Morgan fingerprint density at radius 2 is 0.958 bits per heavy atom. The number of aliphatic hydroxyl groups excluding tert-OH is 1. The van der Waals surface area contributed by atoms with Gasteiger partial charge in [0.05, 0.1) is 50.8 Å². The molecule has 10 N–H and O–H groups in total. The maximum absolute atomic E-state index is 14.9. The molecule has 72 heavy (non-hydrogen) atoms. The number of benzene rings is 4. The number of rotatable bonds is 32. The second kappa shape index (κ2) is 30.4. The Kier molecular flexibility index (Phi) is 24.5. The number of carbonyl (C=O) groups is 6. The number of primary amides is 1. The van der Waals surface area contributed by atoms with Crippen LogP contribution in [-0.2, 0) is 45.2 Å². The summed E-state index contributed by atoms with van der Waals surface area (Å²) in [6.07, 6.45) is 2.19. The largest absolute Gasteiger partial charge is 0.395 e. The quantitative estimate of drug-likeness (QED) is 0.0376. The monoisotopic (exact) mass is 1010 g/mol. The van der Waals surface area contributed by atoms with Crippen LogP contribution in [-0.4, -0.2) is 165 Å². The van der Waals surface area contributed by atoms with Crippen LogP contribution in [0.2, 0.25) is 0 Å². The Balaban J connectivity index is 1.67. The lowest BCUT2D eigenvalue weighted by molar-refractivity contribution is -0.147. The highest BCUT2D eigenvalue weighted by Crippen LogP contribution is 2.26. The van der Waals surface area contributed by atoms with Crippen LogP contribution in [0.15, 0.2) is 120 Å². The summed E-state index contributed by atoms with van der Waals surface area (Å²) >= 11 is 0. The van der Waals surface area contributed by atoms with Crippen molar-refractivity contribution in [2.24, 2.45) is 22.3 Å². The molecule has 0 aliphatic carbocycles. The highest BCUT2D eigenvalue weighted by Gasteiger charge is 2.30. The lowest BCUT2D eigenvalue weighted by atomic mass is 9.90. The van der Waals surface area contributed by atoms with E-state index in [1.165, 1.54) is 31.7 Å². The van der Waals surface area contributed by atoms with Gasteiger partial charge in [-0.25, -0.2) is 13.6 Å². The minimum absolute atomic E-state index is 0.0775. The summed E-state index contributed by atoms with van der Waals surface area (Å²) in [4.78, 5) is 89.6. The van der Waals surface area contributed by atoms with Crippen LogP contribution in [0.3, 0.4) is 0 Å². The van der Waals surface area contributed by atoms with E-state index in [2.05, 4.69) is 5.32 Å². The Hall–Kier alpha value is -6.55. The van der Waals surface area contributed by atoms with Gasteiger partial charge in [-0.15, -0.1) is 0 Å². The van der Waals surface area contributed by atoms with Gasteiger partial charge in [0.15, 0.2) is 0 Å². The molecule has 4 aromatic rings. The van der Waals surface area contributed by atoms with E-state index in [-0.39, 0.29) is 75.0 Å². The standard InChI is InChI=1S/C52H72N10O9S/c1-40(42-15-5-2-6-16-42)57-33-48(65)62(34-46(43-17-7-3-8-18-43)44-19-9-4-10-20-44)39-52(69)60(30-25-41-21-23-45(24-22-41)72(56,70)71)37-51(68)61(31-32-63)38-50(67)59(29-14-12-27-54)36-49(66)58(35-47(55)64)28-13-11-26-53/h2-10,15-24,40,46,57,63H,11-14,25-39,53-54H2,1H3,(H2,55,64)(H2,56,70,71)/t40-/m1/s1. The van der Waals surface area contributed by atoms with Crippen molar-refractivity contribution in [3.05, 3.63) is 138 Å². The molecule has 0 aliphatic heterocycles. The maximum atomic E-state index is 14.9. The summed E-state index contributed by atoms with van der Waals surface area (Å²) in [5.41, 5.74) is 20.2. The molecule has 0 bridgehead atoms. The van der Waals surface area contributed by atoms with E-state index < -0.39 is 72.3 Å². The van der Waals surface area contributed by atoms with Crippen molar-refractivity contribution in [1.82, 2.24) is 29.8 Å². The highest BCUT2D eigenvalue weighted by molar-refractivity contribution is 7.89. The van der Waals surface area contributed by atoms with Gasteiger partial charge in [-0.2, -0.15) is 0 Å². The van der Waals surface area contributed by atoms with E-state index in [9.17, 15) is 42.3 Å². The van der Waals surface area contributed by atoms with Gasteiger partial charge < -0.3 is 52.1 Å². The van der Waals surface area contributed by atoms with Crippen molar-refractivity contribution in [2.75, 3.05) is 91.7 Å². The predicted octanol–water partition coefficient (Wildman–Crippen LogP) is 1.16. The minimum Gasteiger partial charge on any atom is -0.395 e. The lowest BCUT2D eigenvalue weighted by Crippen LogP contribution is -2.52. The van der Waals surface area contributed by atoms with E-state index in [0.29, 0.717) is 44.3 Å². The number of nitrogens with two attached hydrogens (primary N) is 4. The number of aliphatic hydroxyl groups is 1. The van der Waals surface area contributed by atoms with Crippen molar-refractivity contribution in [2.45, 2.75) is 55.9 Å². The average Bonchev–Trinajstić information content (AvgIpc) is 3.37. The zero-order valence-electron chi connectivity index (χ0n) is 41.2. The van der Waals surface area contributed by atoms with Crippen molar-refractivity contribution >= 4 is 45.5 Å². The van der Waals surface area contributed by atoms with Crippen molar-refractivity contribution in [3.8, 4) is 0 Å². The van der Waals surface area contributed by atoms with Crippen molar-refractivity contribution < 1.29 is 42.3 Å². The number of unbranched alkanes of at least 4 members (excludes halogenated alkanes) is 2. The fraction of sp³-hybridized carbons (Fsp3) is 0.423. The molecular formula is C52H72N10O9S. The van der Waals surface area contributed by atoms with E-state index in [1.807, 2.05) is 97.9 Å². The van der Waals surface area contributed by atoms with Gasteiger partial charge in [0.1, 0.15) is 0 Å². The molecule has 19 nitrogen and oxygen atoms in total. The van der Waals surface area contributed by atoms with Crippen LogP contribution in [0.5, 0.6) is 0 Å². The molecule has 20 heteroatoms. The summed E-state index contributed by atoms with van der Waals surface area (Å²) < 4.78 is 24.0. The van der Waals surface area contributed by atoms with Gasteiger partial charge in [0.25, 0.3) is 0 Å². The molecule has 0 unspecified atom stereocenters. The van der Waals surface area contributed by atoms with Gasteiger partial charge in [0.2, 0.25) is 45.5 Å². The van der Waals surface area contributed by atoms with E-state index in [1.54, 1.807) is 12.1 Å². The molecule has 4 aromatic carbocycles. The minimum atomic E-state index is -4.00. The van der Waals surface area contributed by atoms with Crippen molar-refractivity contribution in [1.29, 1.82) is 0 Å². The predicted molar refractivity (Wildman–Crippen MR) is 275 cm³/mol. The molecular weight excluding hydrogens is 941 g/mol. The summed E-state index contributed by atoms with van der Waals surface area (Å²) in [6, 6.07) is 34.4. The second-order valence-corrected chi connectivity index (χ2v) is 19.1. The highest BCUT2D eigenvalue weighted by atomic mass is 32.2. The molecule has 390 valence electrons. The Labute approximate surface area is 423 Å². The number of amides is 6. The molecule has 0 spiro atoms. The normalized spacial score (nSPS) is 11.7. The average molecular weight is 1010 g/mol. The maximum Gasteiger partial charge on any atom is 0.242 e. The van der Waals surface area contributed by atoms with E-state index in [4.69, 9.17) is 22.3 Å². The number of carbonyl (C=O) groups excluding carboxylic acids is 6. The Bertz CT molecular complexity index is 2400. The third-order valence-electron chi connectivity index (χ3n) is 12.1. The Morgan fingerprint density at radius 3 is 1.39 bits per heavy atom. The smallest absolute Gasteiger partial charge is 0.242 e. The van der Waals surface area contributed by atoms with Gasteiger partial charge in [0, 0.05) is 44.7 Å². The van der Waals surface area contributed by atoms with Gasteiger partial charge in [-0.05, 0) is 86.5 Å². The van der Waals surface area contributed by atoms with E-state index >= 15 is 0 Å². The molecule has 4 rings (SSSR count). The summed E-state index contributed by atoms with van der Waals surface area (Å²) in [7, 11) is -4.00. The number of nitrogens with zero attached hydrogens (tertiary/aromatic N) is 5. The number of primary sulfonamides is 1. The first-order valence-corrected chi connectivity index (χ1v) is 25.8. The van der Waals surface area contributed by atoms with Gasteiger partial charge >= 0.3 is 0 Å². The third-order valence-corrected chi connectivity index (χ3v) is 13.1. The molecule has 6 amide bonds. The second-order valence-electron chi connectivity index (χ2n) is 17.5. The molecule has 0 radical (unpaired) electrons. The SMILES string of the molecule is C[C@@H](NCC(=O)N(CC(=O)N(CCc1ccc(S(N)(=O)=O)cc1)CC(=O)N(CCO)CC(=O)N(CCCCN)CC(=O)N(CCCCN)CC(N)=O)CC(c1ccccc1)c1ccccc1)c1ccccc1. The topological polar surface area (TPSA) is 289 Å². The van der Waals surface area contributed by atoms with Gasteiger partial charge in [-0.3, -0.25) is 28.8 Å². The lowest BCUT2D eigenvalue weighted by Gasteiger charge is -2.33. The van der Waals surface area contributed by atoms with Crippen LogP contribution >= 0.6 is 0 Å². The summed E-state index contributed by atoms with van der Waals surface area (Å²) in [5, 5.41) is 18.8. The fourth-order valence-electron chi connectivity index (χ4n) is 7.99. The van der Waals surface area contributed by atoms with Crippen LogP contribution in [0, 0.1) is 0 Å². The zero-order valence-corrected chi connectivity index (χ0v) is 42.0. The number of hydrogen-bond donors (Lipinski definition) is 6. The molecule has 1 atom stereocenters. The van der Waals surface area contributed by atoms with Crippen LogP contribution in [0.25, 0.3) is 0 Å². The van der Waals surface area contributed by atoms with Crippen LogP contribution < -0.4 is 27.7 Å². The molecule has 0 fully saturated rings. The van der Waals surface area contributed by atoms with E-state index in [0.717, 1.165) is 21.6 Å². The molecule has 0 saturated carbocycles. The summed E-state index contributed by atoms with van der Waals surface area (Å²) in [6.45, 7) is -0.428.